The molecule has 2 rings (SSSR count). The van der Waals surface area contributed by atoms with E-state index in [9.17, 15) is 14.4 Å². The number of aromatic nitrogens is 4. The van der Waals surface area contributed by atoms with Crippen molar-refractivity contribution < 1.29 is 9.53 Å². The highest BCUT2D eigenvalue weighted by Gasteiger charge is 2.20. The number of rotatable bonds is 4. The van der Waals surface area contributed by atoms with Gasteiger partial charge in [0, 0.05) is 25.5 Å². The number of ether oxygens (including phenoxy) is 1. The molecule has 2 heterocycles. The van der Waals surface area contributed by atoms with Crippen LogP contribution < -0.4 is 11.2 Å². The van der Waals surface area contributed by atoms with Crippen LogP contribution in [-0.2, 0) is 11.8 Å². The van der Waals surface area contributed by atoms with Crippen LogP contribution in [0.2, 0.25) is 0 Å². The summed E-state index contributed by atoms with van der Waals surface area (Å²) in [4.78, 5) is 37.0. The summed E-state index contributed by atoms with van der Waals surface area (Å²) >= 11 is 0. The number of esters is 1. The van der Waals surface area contributed by atoms with Gasteiger partial charge in [0.2, 0.25) is 0 Å². The first-order valence-electron chi connectivity index (χ1n) is 6.91. The van der Waals surface area contributed by atoms with E-state index in [4.69, 9.17) is 4.74 Å². The summed E-state index contributed by atoms with van der Waals surface area (Å²) in [6, 6.07) is -0.218. The van der Waals surface area contributed by atoms with Crippen molar-refractivity contribution in [2.24, 2.45) is 7.05 Å². The smallest absolute Gasteiger partial charge is 0.345 e. The molecular weight excluding hydrogens is 288 g/mol. The Morgan fingerprint density at radius 1 is 1.32 bits per heavy atom. The van der Waals surface area contributed by atoms with Gasteiger partial charge in [0.1, 0.15) is 5.56 Å². The monoisotopic (exact) mass is 306 g/mol. The standard InChI is InChI=1S/C14H18N4O4/c1-5-22-13(20)11-8-17(9(2)3)14(21)18(12(11)19)10-6-15-16(4)7-10/h6-9H,5H2,1-4H3. The van der Waals surface area contributed by atoms with E-state index in [-0.39, 0.29) is 18.2 Å². The lowest BCUT2D eigenvalue weighted by Crippen LogP contribution is -2.42. The highest BCUT2D eigenvalue weighted by molar-refractivity contribution is 5.88. The van der Waals surface area contributed by atoms with Crippen molar-refractivity contribution in [1.29, 1.82) is 0 Å². The van der Waals surface area contributed by atoms with Gasteiger partial charge in [-0.3, -0.25) is 14.0 Å². The highest BCUT2D eigenvalue weighted by Crippen LogP contribution is 2.05. The molecule has 0 unspecified atom stereocenters. The molecule has 0 saturated heterocycles. The average molecular weight is 306 g/mol. The molecule has 0 saturated carbocycles. The molecule has 0 aliphatic rings. The summed E-state index contributed by atoms with van der Waals surface area (Å²) in [5.41, 5.74) is -1.12. The maximum Gasteiger partial charge on any atom is 0.345 e. The van der Waals surface area contributed by atoms with E-state index in [1.54, 1.807) is 27.8 Å². The first-order chi connectivity index (χ1) is 10.4. The Balaban J connectivity index is 2.79. The fourth-order valence-electron chi connectivity index (χ4n) is 2.04. The predicted octanol–water partition coefficient (Wildman–Crippen LogP) is 0.490. The molecule has 0 aliphatic heterocycles. The normalized spacial score (nSPS) is 11.0. The summed E-state index contributed by atoms with van der Waals surface area (Å²) in [6.07, 6.45) is 4.17. The zero-order chi connectivity index (χ0) is 16.4. The minimum Gasteiger partial charge on any atom is -0.462 e. The minimum atomic E-state index is -0.750. The largest absolute Gasteiger partial charge is 0.462 e. The third-order valence-corrected chi connectivity index (χ3v) is 3.11. The molecule has 8 heteroatoms. The molecule has 2 aromatic heterocycles. The van der Waals surface area contributed by atoms with Gasteiger partial charge in [-0.1, -0.05) is 0 Å². The van der Waals surface area contributed by atoms with Crippen LogP contribution in [0.3, 0.4) is 0 Å². The first-order valence-corrected chi connectivity index (χ1v) is 6.91. The molecular formula is C14H18N4O4. The Kier molecular flexibility index (Phi) is 4.30. The number of hydrogen-bond donors (Lipinski definition) is 0. The van der Waals surface area contributed by atoms with Gasteiger partial charge in [0.15, 0.2) is 0 Å². The summed E-state index contributed by atoms with van der Waals surface area (Å²) in [6.45, 7) is 5.37. The van der Waals surface area contributed by atoms with Crippen molar-refractivity contribution in [3.63, 3.8) is 0 Å². The second-order valence-electron chi connectivity index (χ2n) is 5.06. The van der Waals surface area contributed by atoms with Gasteiger partial charge in [0.05, 0.1) is 18.5 Å². The number of carbonyl (C=O) groups excluding carboxylic acids is 1. The summed E-state index contributed by atoms with van der Waals surface area (Å²) in [7, 11) is 1.67. The summed E-state index contributed by atoms with van der Waals surface area (Å²) < 4.78 is 8.61. The van der Waals surface area contributed by atoms with Gasteiger partial charge < -0.3 is 4.74 Å². The lowest BCUT2D eigenvalue weighted by molar-refractivity contribution is 0.0522. The lowest BCUT2D eigenvalue weighted by Gasteiger charge is -2.14. The summed E-state index contributed by atoms with van der Waals surface area (Å²) in [5, 5.41) is 3.95. The van der Waals surface area contributed by atoms with Crippen LogP contribution in [0.1, 0.15) is 37.2 Å². The third-order valence-electron chi connectivity index (χ3n) is 3.11. The lowest BCUT2D eigenvalue weighted by atomic mass is 10.3. The van der Waals surface area contributed by atoms with Gasteiger partial charge >= 0.3 is 11.7 Å². The van der Waals surface area contributed by atoms with Crippen molar-refractivity contribution >= 4 is 5.97 Å². The van der Waals surface area contributed by atoms with Crippen molar-refractivity contribution in [2.75, 3.05) is 6.61 Å². The Labute approximate surface area is 126 Å². The fraction of sp³-hybridized carbons (Fsp3) is 0.429. The molecule has 0 bridgehead atoms. The zero-order valence-electron chi connectivity index (χ0n) is 12.9. The van der Waals surface area contributed by atoms with E-state index in [2.05, 4.69) is 5.10 Å². The molecule has 0 spiro atoms. The molecule has 0 fully saturated rings. The highest BCUT2D eigenvalue weighted by atomic mass is 16.5. The van der Waals surface area contributed by atoms with Gasteiger partial charge in [0.25, 0.3) is 5.56 Å². The van der Waals surface area contributed by atoms with E-state index in [1.165, 1.54) is 27.8 Å². The number of hydrogen-bond acceptors (Lipinski definition) is 5. The van der Waals surface area contributed by atoms with Gasteiger partial charge in [-0.2, -0.15) is 5.10 Å². The molecule has 0 amide bonds. The van der Waals surface area contributed by atoms with Gasteiger partial charge in [-0.25, -0.2) is 14.2 Å². The topological polar surface area (TPSA) is 88.1 Å². The van der Waals surface area contributed by atoms with Crippen molar-refractivity contribution in [1.82, 2.24) is 18.9 Å². The van der Waals surface area contributed by atoms with E-state index in [0.29, 0.717) is 5.69 Å². The Morgan fingerprint density at radius 3 is 2.50 bits per heavy atom. The molecule has 22 heavy (non-hydrogen) atoms. The number of carbonyl (C=O) groups is 1. The van der Waals surface area contributed by atoms with Crippen LogP contribution in [0.4, 0.5) is 0 Å². The van der Waals surface area contributed by atoms with Crippen LogP contribution in [0.15, 0.2) is 28.2 Å². The van der Waals surface area contributed by atoms with Crippen LogP contribution in [0, 0.1) is 0 Å². The SMILES string of the molecule is CCOC(=O)c1cn(C(C)C)c(=O)n(-c2cnn(C)c2)c1=O. The summed E-state index contributed by atoms with van der Waals surface area (Å²) in [5.74, 6) is -0.750. The molecule has 0 radical (unpaired) electrons. The third kappa shape index (κ3) is 2.72. The van der Waals surface area contributed by atoms with E-state index in [1.807, 2.05) is 0 Å². The van der Waals surface area contributed by atoms with Crippen molar-refractivity contribution in [3.05, 3.63) is 45.0 Å². The zero-order valence-corrected chi connectivity index (χ0v) is 12.9. The van der Waals surface area contributed by atoms with E-state index in [0.717, 1.165) is 4.57 Å². The maximum absolute atomic E-state index is 12.5. The number of aryl methyl sites for hydroxylation is 1. The van der Waals surface area contributed by atoms with Gasteiger partial charge in [-0.05, 0) is 20.8 Å². The minimum absolute atomic E-state index is 0.145. The van der Waals surface area contributed by atoms with Crippen molar-refractivity contribution in [2.45, 2.75) is 26.8 Å². The van der Waals surface area contributed by atoms with Crippen LogP contribution in [0.5, 0.6) is 0 Å². The molecule has 8 nitrogen and oxygen atoms in total. The van der Waals surface area contributed by atoms with Crippen LogP contribution >= 0.6 is 0 Å². The Morgan fingerprint density at radius 2 is 2.00 bits per heavy atom. The molecule has 0 aromatic carbocycles. The first kappa shape index (κ1) is 15.7. The number of nitrogens with zero attached hydrogens (tertiary/aromatic N) is 4. The van der Waals surface area contributed by atoms with Crippen LogP contribution in [0.25, 0.3) is 5.69 Å². The van der Waals surface area contributed by atoms with E-state index < -0.39 is 17.2 Å². The quantitative estimate of drug-likeness (QED) is 0.767. The Hall–Kier alpha value is -2.64. The van der Waals surface area contributed by atoms with Crippen LogP contribution in [-0.4, -0.2) is 31.5 Å². The molecule has 0 atom stereocenters. The molecule has 2 aromatic rings. The molecule has 118 valence electrons. The van der Waals surface area contributed by atoms with Crippen molar-refractivity contribution in [3.8, 4) is 5.69 Å². The van der Waals surface area contributed by atoms with Gasteiger partial charge in [-0.15, -0.1) is 0 Å². The van der Waals surface area contributed by atoms with E-state index >= 15 is 0 Å². The molecule has 0 N–H and O–H groups in total. The molecule has 0 aliphatic carbocycles. The predicted molar refractivity (Wildman–Crippen MR) is 79.4 cm³/mol. The Bertz CT molecular complexity index is 813. The maximum atomic E-state index is 12.5. The second-order valence-corrected chi connectivity index (χ2v) is 5.06. The second kappa shape index (κ2) is 6.00. The fourth-order valence-corrected chi connectivity index (χ4v) is 2.04. The average Bonchev–Trinajstić information content (AvgIpc) is 2.85.